The first-order chi connectivity index (χ1) is 12.1. The van der Waals surface area contributed by atoms with E-state index in [1.54, 1.807) is 10.7 Å². The highest BCUT2D eigenvalue weighted by Gasteiger charge is 2.18. The number of carbonyl (C=O) groups is 1. The number of aromatic carboxylic acids is 1. The van der Waals surface area contributed by atoms with Gasteiger partial charge in [-0.3, -0.25) is 0 Å². The quantitative estimate of drug-likeness (QED) is 0.794. The molecule has 0 spiro atoms. The maximum Gasteiger partial charge on any atom is 0.356 e. The first-order valence-electron chi connectivity index (χ1n) is 7.92. The molecule has 0 bridgehead atoms. The number of rotatable bonds is 3. The minimum atomic E-state index is -1.07. The van der Waals surface area contributed by atoms with E-state index in [1.807, 2.05) is 49.4 Å². The summed E-state index contributed by atoms with van der Waals surface area (Å²) in [5.74, 6) is 0.275. The molecule has 0 aliphatic carbocycles. The zero-order valence-electron chi connectivity index (χ0n) is 13.6. The van der Waals surface area contributed by atoms with Crippen molar-refractivity contribution in [2.45, 2.75) is 6.92 Å². The highest BCUT2D eigenvalue weighted by molar-refractivity contribution is 5.87. The Hall–Kier alpha value is -3.28. The van der Waals surface area contributed by atoms with Crippen molar-refractivity contribution in [2.24, 2.45) is 0 Å². The van der Waals surface area contributed by atoms with Crippen LogP contribution in [0.4, 0.5) is 0 Å². The number of aryl methyl sites for hydroxylation is 1. The van der Waals surface area contributed by atoms with E-state index in [1.165, 1.54) is 0 Å². The second-order valence-electron chi connectivity index (χ2n) is 5.83. The van der Waals surface area contributed by atoms with Crippen LogP contribution in [-0.4, -0.2) is 34.1 Å². The number of hydrogen-bond acceptors (Lipinski definition) is 4. The molecule has 25 heavy (non-hydrogen) atoms. The Kier molecular flexibility index (Phi) is 3.65. The molecule has 1 aliphatic rings. The van der Waals surface area contributed by atoms with Gasteiger partial charge in [0, 0.05) is 5.56 Å². The molecule has 0 radical (unpaired) electrons. The lowest BCUT2D eigenvalue weighted by Crippen LogP contribution is -2.15. The van der Waals surface area contributed by atoms with Crippen molar-refractivity contribution in [3.05, 3.63) is 59.8 Å². The monoisotopic (exact) mass is 336 g/mol. The van der Waals surface area contributed by atoms with Gasteiger partial charge in [0.25, 0.3) is 0 Å². The highest BCUT2D eigenvalue weighted by Crippen LogP contribution is 2.35. The van der Waals surface area contributed by atoms with E-state index in [0.29, 0.717) is 30.4 Å². The molecule has 1 N–H and O–H groups in total. The molecule has 126 valence electrons. The van der Waals surface area contributed by atoms with Crippen molar-refractivity contribution < 1.29 is 19.4 Å². The van der Waals surface area contributed by atoms with E-state index in [4.69, 9.17) is 9.47 Å². The third-order valence-electron chi connectivity index (χ3n) is 4.04. The summed E-state index contributed by atoms with van der Waals surface area (Å²) in [5.41, 5.74) is 3.40. The maximum atomic E-state index is 11.4. The smallest absolute Gasteiger partial charge is 0.356 e. The van der Waals surface area contributed by atoms with Crippen LogP contribution < -0.4 is 9.47 Å². The number of fused-ring (bicyclic) bond motifs is 1. The average Bonchev–Trinajstić information content (AvgIpc) is 3.07. The Balaban J connectivity index is 1.85. The summed E-state index contributed by atoms with van der Waals surface area (Å²) in [6, 6.07) is 14.9. The number of carboxylic acids is 1. The van der Waals surface area contributed by atoms with Crippen LogP contribution in [0.15, 0.2) is 48.5 Å². The standard InChI is InChI=1S/C19H16N2O4/c1-12-2-5-14(6-3-12)21-16(11-15(20-21)19(22)23)13-4-7-17-18(10-13)25-9-8-24-17/h2-7,10-11H,8-9H2,1H3,(H,22,23). The normalized spacial score (nSPS) is 12.8. The van der Waals surface area contributed by atoms with Gasteiger partial charge in [-0.15, -0.1) is 0 Å². The van der Waals surface area contributed by atoms with Crippen LogP contribution in [0.25, 0.3) is 16.9 Å². The van der Waals surface area contributed by atoms with Crippen molar-refractivity contribution in [1.82, 2.24) is 9.78 Å². The minimum Gasteiger partial charge on any atom is -0.486 e. The molecule has 6 nitrogen and oxygen atoms in total. The third-order valence-corrected chi connectivity index (χ3v) is 4.04. The average molecular weight is 336 g/mol. The van der Waals surface area contributed by atoms with Gasteiger partial charge in [0.05, 0.1) is 11.4 Å². The molecule has 2 heterocycles. The summed E-state index contributed by atoms with van der Waals surface area (Å²) in [6.07, 6.45) is 0. The van der Waals surface area contributed by atoms with Crippen LogP contribution in [0.1, 0.15) is 16.1 Å². The van der Waals surface area contributed by atoms with Crippen molar-refractivity contribution in [2.75, 3.05) is 13.2 Å². The van der Waals surface area contributed by atoms with Gasteiger partial charge in [-0.2, -0.15) is 5.10 Å². The second-order valence-corrected chi connectivity index (χ2v) is 5.83. The summed E-state index contributed by atoms with van der Waals surface area (Å²) >= 11 is 0. The zero-order chi connectivity index (χ0) is 17.4. The molecule has 0 fully saturated rings. The molecular weight excluding hydrogens is 320 g/mol. The molecule has 2 aromatic carbocycles. The van der Waals surface area contributed by atoms with Gasteiger partial charge in [0.15, 0.2) is 17.2 Å². The van der Waals surface area contributed by atoms with E-state index in [2.05, 4.69) is 5.10 Å². The van der Waals surface area contributed by atoms with Gasteiger partial charge in [0.2, 0.25) is 0 Å². The van der Waals surface area contributed by atoms with Crippen LogP contribution >= 0.6 is 0 Å². The van der Waals surface area contributed by atoms with Crippen LogP contribution in [0, 0.1) is 6.92 Å². The Labute approximate surface area is 144 Å². The van der Waals surface area contributed by atoms with E-state index >= 15 is 0 Å². The van der Waals surface area contributed by atoms with E-state index in [9.17, 15) is 9.90 Å². The summed E-state index contributed by atoms with van der Waals surface area (Å²) < 4.78 is 12.8. The highest BCUT2D eigenvalue weighted by atomic mass is 16.6. The molecule has 1 aromatic heterocycles. The second kappa shape index (κ2) is 5.98. The van der Waals surface area contributed by atoms with Gasteiger partial charge < -0.3 is 14.6 Å². The molecule has 0 amide bonds. The summed E-state index contributed by atoms with van der Waals surface area (Å²) in [4.78, 5) is 11.4. The Bertz CT molecular complexity index is 945. The van der Waals surface area contributed by atoms with Crippen LogP contribution in [-0.2, 0) is 0 Å². The van der Waals surface area contributed by atoms with Gasteiger partial charge in [-0.25, -0.2) is 9.48 Å². The van der Waals surface area contributed by atoms with Crippen molar-refractivity contribution in [3.63, 3.8) is 0 Å². The lowest BCUT2D eigenvalue weighted by Gasteiger charge is -2.19. The Morgan fingerprint density at radius 1 is 1.04 bits per heavy atom. The van der Waals surface area contributed by atoms with Crippen molar-refractivity contribution >= 4 is 5.97 Å². The van der Waals surface area contributed by atoms with Gasteiger partial charge >= 0.3 is 5.97 Å². The first-order valence-corrected chi connectivity index (χ1v) is 7.92. The van der Waals surface area contributed by atoms with Crippen LogP contribution in [0.3, 0.4) is 0 Å². The minimum absolute atomic E-state index is 0.00883. The van der Waals surface area contributed by atoms with Gasteiger partial charge in [-0.1, -0.05) is 17.7 Å². The molecule has 0 unspecified atom stereocenters. The first kappa shape index (κ1) is 15.3. The number of carboxylic acid groups (broad SMARTS) is 1. The van der Waals surface area contributed by atoms with E-state index in [0.717, 1.165) is 16.8 Å². The molecule has 3 aromatic rings. The van der Waals surface area contributed by atoms with Crippen LogP contribution in [0.5, 0.6) is 11.5 Å². The molecule has 6 heteroatoms. The number of aromatic nitrogens is 2. The fourth-order valence-corrected chi connectivity index (χ4v) is 2.78. The lowest BCUT2D eigenvalue weighted by atomic mass is 10.1. The molecule has 4 rings (SSSR count). The zero-order valence-corrected chi connectivity index (χ0v) is 13.6. The summed E-state index contributed by atoms with van der Waals surface area (Å²) in [7, 11) is 0. The molecule has 1 aliphatic heterocycles. The SMILES string of the molecule is Cc1ccc(-n2nc(C(=O)O)cc2-c2ccc3c(c2)OCCO3)cc1. The van der Waals surface area contributed by atoms with Crippen molar-refractivity contribution in [1.29, 1.82) is 0 Å². The molecule has 0 atom stereocenters. The third kappa shape index (κ3) is 2.82. The maximum absolute atomic E-state index is 11.4. The predicted molar refractivity (Wildman–Crippen MR) is 91.7 cm³/mol. The van der Waals surface area contributed by atoms with E-state index < -0.39 is 5.97 Å². The predicted octanol–water partition coefficient (Wildman–Crippen LogP) is 3.32. The molecule has 0 saturated heterocycles. The largest absolute Gasteiger partial charge is 0.486 e. The molecular formula is C19H16N2O4. The number of nitrogens with zero attached hydrogens (tertiary/aromatic N) is 2. The topological polar surface area (TPSA) is 73.6 Å². The van der Waals surface area contributed by atoms with Gasteiger partial charge in [0.1, 0.15) is 13.2 Å². The number of hydrogen-bond donors (Lipinski definition) is 1. The summed E-state index contributed by atoms with van der Waals surface area (Å²) in [5, 5.41) is 13.6. The molecule has 0 saturated carbocycles. The summed E-state index contributed by atoms with van der Waals surface area (Å²) in [6.45, 7) is 3.02. The van der Waals surface area contributed by atoms with E-state index in [-0.39, 0.29) is 5.69 Å². The van der Waals surface area contributed by atoms with Crippen LogP contribution in [0.2, 0.25) is 0 Å². The lowest BCUT2D eigenvalue weighted by molar-refractivity contribution is 0.0690. The Morgan fingerprint density at radius 2 is 1.76 bits per heavy atom. The number of benzene rings is 2. The number of ether oxygens (including phenoxy) is 2. The fourth-order valence-electron chi connectivity index (χ4n) is 2.78. The Morgan fingerprint density at radius 3 is 2.48 bits per heavy atom. The van der Waals surface area contributed by atoms with Crippen molar-refractivity contribution in [3.8, 4) is 28.4 Å². The fraction of sp³-hybridized carbons (Fsp3) is 0.158. The van der Waals surface area contributed by atoms with Gasteiger partial charge in [-0.05, 0) is 43.3 Å².